The molecule has 0 bridgehead atoms. The molecule has 1 aliphatic rings. The molecule has 1 fully saturated rings. The van der Waals surface area contributed by atoms with E-state index in [0.717, 1.165) is 38.5 Å². The van der Waals surface area contributed by atoms with Crippen molar-refractivity contribution >= 4 is 40.6 Å². The molecule has 0 saturated carbocycles. The third-order valence-corrected chi connectivity index (χ3v) is 4.65. The number of morpholine rings is 1. The average Bonchev–Trinajstić information content (AvgIpc) is 2.66. The number of amides is 1. The lowest BCUT2D eigenvalue weighted by atomic mass is 10.3. The van der Waals surface area contributed by atoms with Gasteiger partial charge in [-0.05, 0) is 18.2 Å². The standard InChI is InChI=1S/C17H19Cl2N5O2/c18-13-2-1-12(9-14(13)19)23-16-10-15(21-11-22-16)17(25)20-3-4-24-5-7-26-8-6-24/h1-2,9-11H,3-8H2,(H,20,25)(H,21,22,23). The van der Waals surface area contributed by atoms with Crippen LogP contribution in [0.2, 0.25) is 10.0 Å². The lowest BCUT2D eigenvalue weighted by molar-refractivity contribution is 0.0383. The highest BCUT2D eigenvalue weighted by atomic mass is 35.5. The molecule has 0 spiro atoms. The Hall–Kier alpha value is -1.93. The van der Waals surface area contributed by atoms with Crippen molar-refractivity contribution in [3.63, 3.8) is 0 Å². The number of aromatic nitrogens is 2. The molecule has 26 heavy (non-hydrogen) atoms. The molecule has 1 aliphatic heterocycles. The first-order valence-corrected chi connectivity index (χ1v) is 9.00. The first-order chi connectivity index (χ1) is 12.6. The van der Waals surface area contributed by atoms with Gasteiger partial charge in [-0.3, -0.25) is 9.69 Å². The highest BCUT2D eigenvalue weighted by Gasteiger charge is 2.12. The fourth-order valence-corrected chi connectivity index (χ4v) is 2.81. The number of halogens is 2. The van der Waals surface area contributed by atoms with Gasteiger partial charge in [0.25, 0.3) is 5.91 Å². The van der Waals surface area contributed by atoms with Crippen molar-refractivity contribution in [2.45, 2.75) is 0 Å². The molecule has 2 heterocycles. The van der Waals surface area contributed by atoms with Crippen molar-refractivity contribution in [3.8, 4) is 0 Å². The summed E-state index contributed by atoms with van der Waals surface area (Å²) in [7, 11) is 0. The van der Waals surface area contributed by atoms with Crippen molar-refractivity contribution in [1.82, 2.24) is 20.2 Å². The lowest BCUT2D eigenvalue weighted by Gasteiger charge is -2.26. The predicted octanol–water partition coefficient (Wildman–Crippen LogP) is 2.59. The van der Waals surface area contributed by atoms with Crippen LogP contribution in [0.4, 0.5) is 11.5 Å². The van der Waals surface area contributed by atoms with Crippen LogP contribution < -0.4 is 10.6 Å². The van der Waals surface area contributed by atoms with Crippen molar-refractivity contribution < 1.29 is 9.53 Å². The van der Waals surface area contributed by atoms with Gasteiger partial charge in [-0.25, -0.2) is 9.97 Å². The summed E-state index contributed by atoms with van der Waals surface area (Å²) < 4.78 is 5.30. The molecule has 1 saturated heterocycles. The predicted molar refractivity (Wildman–Crippen MR) is 101 cm³/mol. The smallest absolute Gasteiger partial charge is 0.270 e. The first-order valence-electron chi connectivity index (χ1n) is 8.24. The van der Waals surface area contributed by atoms with E-state index in [1.165, 1.54) is 6.33 Å². The van der Waals surface area contributed by atoms with E-state index in [0.29, 0.717) is 28.1 Å². The van der Waals surface area contributed by atoms with Crippen molar-refractivity contribution in [3.05, 3.63) is 46.3 Å². The molecule has 138 valence electrons. The van der Waals surface area contributed by atoms with Crippen molar-refractivity contribution in [2.75, 3.05) is 44.7 Å². The zero-order valence-corrected chi connectivity index (χ0v) is 15.6. The van der Waals surface area contributed by atoms with E-state index in [1.807, 2.05) is 0 Å². The summed E-state index contributed by atoms with van der Waals surface area (Å²) in [6.07, 6.45) is 1.34. The maximum Gasteiger partial charge on any atom is 0.270 e. The van der Waals surface area contributed by atoms with Crippen LogP contribution in [0.1, 0.15) is 10.5 Å². The third-order valence-electron chi connectivity index (χ3n) is 3.91. The van der Waals surface area contributed by atoms with E-state index in [2.05, 4.69) is 25.5 Å². The molecule has 1 aromatic carbocycles. The van der Waals surface area contributed by atoms with E-state index < -0.39 is 0 Å². The molecule has 3 rings (SSSR count). The minimum Gasteiger partial charge on any atom is -0.379 e. The first kappa shape index (κ1) is 18.8. The summed E-state index contributed by atoms with van der Waals surface area (Å²) >= 11 is 11.9. The second-order valence-electron chi connectivity index (χ2n) is 5.75. The van der Waals surface area contributed by atoms with Gasteiger partial charge >= 0.3 is 0 Å². The summed E-state index contributed by atoms with van der Waals surface area (Å²) in [6.45, 7) is 4.60. The molecule has 9 heteroatoms. The molecule has 0 atom stereocenters. The molecule has 0 unspecified atom stereocenters. The van der Waals surface area contributed by atoms with E-state index >= 15 is 0 Å². The molecule has 1 amide bonds. The SMILES string of the molecule is O=C(NCCN1CCOCC1)c1cc(Nc2ccc(Cl)c(Cl)c2)ncn1. The van der Waals surface area contributed by atoms with Crippen LogP contribution in [0.5, 0.6) is 0 Å². The van der Waals surface area contributed by atoms with E-state index in [4.69, 9.17) is 27.9 Å². The molecule has 1 aromatic heterocycles. The number of hydrogen-bond donors (Lipinski definition) is 2. The summed E-state index contributed by atoms with van der Waals surface area (Å²) in [6, 6.07) is 6.74. The summed E-state index contributed by atoms with van der Waals surface area (Å²) in [5.41, 5.74) is 1.02. The van der Waals surface area contributed by atoms with Gasteiger partial charge < -0.3 is 15.4 Å². The Kier molecular flexibility index (Phi) is 6.62. The van der Waals surface area contributed by atoms with Gasteiger partial charge in [0.2, 0.25) is 0 Å². The van der Waals surface area contributed by atoms with Gasteiger partial charge in [-0.1, -0.05) is 23.2 Å². The van der Waals surface area contributed by atoms with E-state index in [9.17, 15) is 4.79 Å². The van der Waals surface area contributed by atoms with Crippen LogP contribution in [-0.2, 0) is 4.74 Å². The van der Waals surface area contributed by atoms with Crippen molar-refractivity contribution in [2.24, 2.45) is 0 Å². The van der Waals surface area contributed by atoms with Crippen LogP contribution in [0.3, 0.4) is 0 Å². The fourth-order valence-electron chi connectivity index (χ4n) is 2.51. The largest absolute Gasteiger partial charge is 0.379 e. The summed E-state index contributed by atoms with van der Waals surface area (Å²) in [4.78, 5) is 22.7. The highest BCUT2D eigenvalue weighted by Crippen LogP contribution is 2.26. The summed E-state index contributed by atoms with van der Waals surface area (Å²) in [5, 5.41) is 6.86. The number of nitrogens with zero attached hydrogens (tertiary/aromatic N) is 3. The Morgan fingerprint density at radius 3 is 2.73 bits per heavy atom. The fraction of sp³-hybridized carbons (Fsp3) is 0.353. The number of anilines is 2. The maximum atomic E-state index is 12.3. The van der Waals surface area contributed by atoms with Gasteiger partial charge in [0.05, 0.1) is 23.3 Å². The minimum absolute atomic E-state index is 0.238. The van der Waals surface area contributed by atoms with Gasteiger partial charge in [0.15, 0.2) is 0 Å². The maximum absolute atomic E-state index is 12.3. The molecule has 0 aliphatic carbocycles. The molecule has 2 aromatic rings. The Labute approximate surface area is 161 Å². The average molecular weight is 396 g/mol. The number of carbonyl (C=O) groups excluding carboxylic acids is 1. The van der Waals surface area contributed by atoms with Crippen LogP contribution in [-0.4, -0.2) is 60.2 Å². The Morgan fingerprint density at radius 1 is 1.15 bits per heavy atom. The lowest BCUT2D eigenvalue weighted by Crippen LogP contribution is -2.41. The number of ether oxygens (including phenoxy) is 1. The van der Waals surface area contributed by atoms with Crippen LogP contribution in [0.15, 0.2) is 30.6 Å². The molecular weight excluding hydrogens is 377 g/mol. The van der Waals surface area contributed by atoms with Crippen LogP contribution >= 0.6 is 23.2 Å². The van der Waals surface area contributed by atoms with Crippen LogP contribution in [0, 0.1) is 0 Å². The minimum atomic E-state index is -0.238. The monoisotopic (exact) mass is 395 g/mol. The zero-order valence-electron chi connectivity index (χ0n) is 14.0. The third kappa shape index (κ3) is 5.28. The number of carbonyl (C=O) groups is 1. The van der Waals surface area contributed by atoms with Gasteiger partial charge in [-0.15, -0.1) is 0 Å². The topological polar surface area (TPSA) is 79.4 Å². The Balaban J connectivity index is 1.55. The normalized spacial score (nSPS) is 14.8. The van der Waals surface area contributed by atoms with Crippen molar-refractivity contribution in [1.29, 1.82) is 0 Å². The number of hydrogen-bond acceptors (Lipinski definition) is 6. The van der Waals surface area contributed by atoms with Gasteiger partial charge in [0.1, 0.15) is 17.8 Å². The summed E-state index contributed by atoms with van der Waals surface area (Å²) in [5.74, 6) is 0.259. The number of benzene rings is 1. The highest BCUT2D eigenvalue weighted by molar-refractivity contribution is 6.42. The second kappa shape index (κ2) is 9.14. The number of rotatable bonds is 6. The molecule has 7 nitrogen and oxygen atoms in total. The molecule has 2 N–H and O–H groups in total. The Bertz CT molecular complexity index is 769. The van der Waals surface area contributed by atoms with Gasteiger partial charge in [0, 0.05) is 37.9 Å². The second-order valence-corrected chi connectivity index (χ2v) is 6.57. The zero-order chi connectivity index (χ0) is 18.4. The molecule has 0 radical (unpaired) electrons. The number of nitrogens with one attached hydrogen (secondary N) is 2. The molecular formula is C17H19Cl2N5O2. The van der Waals surface area contributed by atoms with E-state index in [-0.39, 0.29) is 5.91 Å². The van der Waals surface area contributed by atoms with Crippen LogP contribution in [0.25, 0.3) is 0 Å². The Morgan fingerprint density at radius 2 is 1.96 bits per heavy atom. The quantitative estimate of drug-likeness (QED) is 0.782. The van der Waals surface area contributed by atoms with E-state index in [1.54, 1.807) is 24.3 Å². The van der Waals surface area contributed by atoms with Gasteiger partial charge in [-0.2, -0.15) is 0 Å².